The van der Waals surface area contributed by atoms with Gasteiger partial charge in [0.05, 0.1) is 28.8 Å². The van der Waals surface area contributed by atoms with Gasteiger partial charge in [0, 0.05) is 23.2 Å². The monoisotopic (exact) mass is 390 g/mol. The predicted octanol–water partition coefficient (Wildman–Crippen LogP) is 5.75. The SMILES string of the molecule is COC(=O)c1ccc2nc(-c3cc4ccccc4s3)c(N(C)C(C)C)cc2c1. The van der Waals surface area contributed by atoms with Crippen LogP contribution in [-0.4, -0.2) is 31.2 Å². The number of pyridine rings is 1. The molecule has 0 fully saturated rings. The van der Waals surface area contributed by atoms with Crippen molar-refractivity contribution in [3.63, 3.8) is 0 Å². The fourth-order valence-corrected chi connectivity index (χ4v) is 4.30. The highest BCUT2D eigenvalue weighted by Crippen LogP contribution is 2.39. The molecular weight excluding hydrogens is 368 g/mol. The normalized spacial score (nSPS) is 11.3. The largest absolute Gasteiger partial charge is 0.465 e. The second-order valence-corrected chi connectivity index (χ2v) is 8.19. The molecule has 0 aliphatic carbocycles. The molecule has 0 saturated carbocycles. The number of hydrogen-bond donors (Lipinski definition) is 0. The van der Waals surface area contributed by atoms with E-state index < -0.39 is 0 Å². The van der Waals surface area contributed by atoms with Gasteiger partial charge in [-0.3, -0.25) is 0 Å². The molecule has 0 saturated heterocycles. The number of esters is 1. The van der Waals surface area contributed by atoms with E-state index in [0.29, 0.717) is 11.6 Å². The number of carbonyl (C=O) groups excluding carboxylic acids is 1. The van der Waals surface area contributed by atoms with Crippen molar-refractivity contribution in [2.75, 3.05) is 19.1 Å². The first-order valence-electron chi connectivity index (χ1n) is 9.23. The van der Waals surface area contributed by atoms with Crippen LogP contribution in [0.25, 0.3) is 31.6 Å². The van der Waals surface area contributed by atoms with E-state index in [1.165, 1.54) is 17.2 Å². The molecule has 2 aromatic heterocycles. The van der Waals surface area contributed by atoms with E-state index in [4.69, 9.17) is 9.72 Å². The highest BCUT2D eigenvalue weighted by Gasteiger charge is 2.18. The molecule has 0 amide bonds. The highest BCUT2D eigenvalue weighted by atomic mass is 32.1. The predicted molar refractivity (Wildman–Crippen MR) is 117 cm³/mol. The Kier molecular flexibility index (Phi) is 4.77. The number of thiophene rings is 1. The molecular formula is C23H22N2O2S. The van der Waals surface area contributed by atoms with Crippen LogP contribution in [0.3, 0.4) is 0 Å². The van der Waals surface area contributed by atoms with Crippen molar-refractivity contribution in [3.05, 3.63) is 60.2 Å². The number of anilines is 1. The summed E-state index contributed by atoms with van der Waals surface area (Å²) in [4.78, 5) is 20.3. The Labute approximate surface area is 168 Å². The molecule has 2 aromatic carbocycles. The first-order chi connectivity index (χ1) is 13.5. The third-order valence-electron chi connectivity index (χ3n) is 5.03. The maximum atomic E-state index is 11.9. The van der Waals surface area contributed by atoms with Crippen LogP contribution in [-0.2, 0) is 4.74 Å². The molecule has 0 unspecified atom stereocenters. The van der Waals surface area contributed by atoms with Crippen molar-refractivity contribution in [1.82, 2.24) is 4.98 Å². The lowest BCUT2D eigenvalue weighted by molar-refractivity contribution is 0.0601. The lowest BCUT2D eigenvalue weighted by atomic mass is 10.1. The van der Waals surface area contributed by atoms with Crippen LogP contribution in [0.1, 0.15) is 24.2 Å². The molecule has 0 N–H and O–H groups in total. The van der Waals surface area contributed by atoms with Crippen LogP contribution in [0.15, 0.2) is 54.6 Å². The van der Waals surface area contributed by atoms with E-state index >= 15 is 0 Å². The average Bonchev–Trinajstić information content (AvgIpc) is 3.15. The van der Waals surface area contributed by atoms with Gasteiger partial charge in [0.2, 0.25) is 0 Å². The summed E-state index contributed by atoms with van der Waals surface area (Å²) in [6.45, 7) is 4.31. The van der Waals surface area contributed by atoms with Crippen LogP contribution in [0.2, 0.25) is 0 Å². The third kappa shape index (κ3) is 3.22. The zero-order valence-corrected chi connectivity index (χ0v) is 17.2. The average molecular weight is 391 g/mol. The fourth-order valence-electron chi connectivity index (χ4n) is 3.24. The molecule has 0 spiro atoms. The smallest absolute Gasteiger partial charge is 0.337 e. The van der Waals surface area contributed by atoms with Gasteiger partial charge in [-0.25, -0.2) is 9.78 Å². The Balaban J connectivity index is 1.95. The Bertz CT molecular complexity index is 1150. The summed E-state index contributed by atoms with van der Waals surface area (Å²) < 4.78 is 6.11. The van der Waals surface area contributed by atoms with E-state index in [0.717, 1.165) is 27.2 Å². The third-order valence-corrected chi connectivity index (χ3v) is 6.15. The van der Waals surface area contributed by atoms with E-state index in [1.807, 2.05) is 12.1 Å². The van der Waals surface area contributed by atoms with Crippen LogP contribution in [0, 0.1) is 0 Å². The fraction of sp³-hybridized carbons (Fsp3) is 0.217. The van der Waals surface area contributed by atoms with Crippen molar-refractivity contribution in [3.8, 4) is 10.6 Å². The van der Waals surface area contributed by atoms with Gasteiger partial charge in [-0.2, -0.15) is 0 Å². The Morgan fingerprint density at radius 2 is 1.86 bits per heavy atom. The van der Waals surface area contributed by atoms with Gasteiger partial charge in [-0.05, 0) is 55.6 Å². The maximum absolute atomic E-state index is 11.9. The molecule has 28 heavy (non-hydrogen) atoms. The van der Waals surface area contributed by atoms with Crippen LogP contribution >= 0.6 is 11.3 Å². The summed E-state index contributed by atoms with van der Waals surface area (Å²) in [5.74, 6) is -0.339. The number of carbonyl (C=O) groups is 1. The summed E-state index contributed by atoms with van der Waals surface area (Å²) in [5, 5.41) is 2.15. The minimum absolute atomic E-state index is 0.316. The lowest BCUT2D eigenvalue weighted by Gasteiger charge is -2.26. The maximum Gasteiger partial charge on any atom is 0.337 e. The topological polar surface area (TPSA) is 42.4 Å². The Morgan fingerprint density at radius 1 is 1.07 bits per heavy atom. The molecule has 4 aromatic rings. The summed E-state index contributed by atoms with van der Waals surface area (Å²) in [6.07, 6.45) is 0. The molecule has 142 valence electrons. The van der Waals surface area contributed by atoms with Crippen molar-refractivity contribution in [2.24, 2.45) is 0 Å². The van der Waals surface area contributed by atoms with Gasteiger partial charge in [0.25, 0.3) is 0 Å². The van der Waals surface area contributed by atoms with E-state index in [-0.39, 0.29) is 5.97 Å². The quantitative estimate of drug-likeness (QED) is 0.416. The first-order valence-corrected chi connectivity index (χ1v) is 10.0. The molecule has 0 aliphatic rings. The number of hydrogen-bond acceptors (Lipinski definition) is 5. The lowest BCUT2D eigenvalue weighted by Crippen LogP contribution is -2.26. The molecule has 5 heteroatoms. The van der Waals surface area contributed by atoms with Gasteiger partial charge in [-0.15, -0.1) is 11.3 Å². The van der Waals surface area contributed by atoms with Gasteiger partial charge < -0.3 is 9.64 Å². The summed E-state index contributed by atoms with van der Waals surface area (Å²) >= 11 is 1.75. The molecule has 4 nitrogen and oxygen atoms in total. The van der Waals surface area contributed by atoms with Gasteiger partial charge in [0.1, 0.15) is 5.69 Å². The van der Waals surface area contributed by atoms with Crippen molar-refractivity contribution in [1.29, 1.82) is 0 Å². The van der Waals surface area contributed by atoms with Crippen molar-refractivity contribution >= 4 is 44.0 Å². The summed E-state index contributed by atoms with van der Waals surface area (Å²) in [5.41, 5.74) is 3.41. The van der Waals surface area contributed by atoms with E-state index in [1.54, 1.807) is 17.4 Å². The molecule has 2 heterocycles. The van der Waals surface area contributed by atoms with Crippen molar-refractivity contribution in [2.45, 2.75) is 19.9 Å². The van der Waals surface area contributed by atoms with Gasteiger partial charge in [-0.1, -0.05) is 18.2 Å². The second kappa shape index (κ2) is 7.24. The zero-order chi connectivity index (χ0) is 19.8. The minimum atomic E-state index is -0.339. The summed E-state index contributed by atoms with van der Waals surface area (Å²) in [7, 11) is 3.47. The van der Waals surface area contributed by atoms with Crippen LogP contribution < -0.4 is 4.90 Å². The number of methoxy groups -OCH3 is 1. The second-order valence-electron chi connectivity index (χ2n) is 7.11. The number of nitrogens with zero attached hydrogens (tertiary/aromatic N) is 2. The number of benzene rings is 2. The number of ether oxygens (including phenoxy) is 1. The Morgan fingerprint density at radius 3 is 2.57 bits per heavy atom. The first kappa shape index (κ1) is 18.4. The highest BCUT2D eigenvalue weighted by molar-refractivity contribution is 7.22. The minimum Gasteiger partial charge on any atom is -0.465 e. The number of fused-ring (bicyclic) bond motifs is 2. The number of aromatic nitrogens is 1. The van der Waals surface area contributed by atoms with E-state index in [9.17, 15) is 4.79 Å². The standard InChI is InChI=1S/C23H22N2O2S/c1-14(2)25(3)19-12-17-11-16(23(26)27-4)9-10-18(17)24-22(19)21-13-15-7-5-6-8-20(15)28-21/h5-14H,1-4H3. The van der Waals surface area contributed by atoms with Gasteiger partial charge >= 0.3 is 5.97 Å². The molecule has 0 aliphatic heterocycles. The van der Waals surface area contributed by atoms with Crippen LogP contribution in [0.4, 0.5) is 5.69 Å². The Hall–Kier alpha value is -2.92. The molecule has 4 rings (SSSR count). The molecule has 0 radical (unpaired) electrons. The van der Waals surface area contributed by atoms with Gasteiger partial charge in [0.15, 0.2) is 0 Å². The van der Waals surface area contributed by atoms with Crippen LogP contribution in [0.5, 0.6) is 0 Å². The molecule has 0 bridgehead atoms. The molecule has 0 atom stereocenters. The van der Waals surface area contributed by atoms with E-state index in [2.05, 4.69) is 62.2 Å². The summed E-state index contributed by atoms with van der Waals surface area (Å²) in [6, 6.07) is 18.5. The van der Waals surface area contributed by atoms with Crippen molar-refractivity contribution < 1.29 is 9.53 Å². The number of rotatable bonds is 4. The zero-order valence-electron chi connectivity index (χ0n) is 16.4.